The van der Waals surface area contributed by atoms with Crippen molar-refractivity contribution in [3.8, 4) is 6.07 Å². The number of hydrogen-bond donors (Lipinski definition) is 0. The maximum atomic E-state index is 11.9. The molecule has 0 aromatic rings. The highest BCUT2D eigenvalue weighted by molar-refractivity contribution is 5.86. The fourth-order valence-electron chi connectivity index (χ4n) is 1.90. The van der Waals surface area contributed by atoms with Crippen molar-refractivity contribution in [1.82, 2.24) is 4.90 Å². The molecule has 0 heterocycles. The SMILES string of the molecule is CC(C)CN(C)C(=O)C1(C#N)CCC1. The Kier molecular flexibility index (Phi) is 3.15. The number of hydrogen-bond acceptors (Lipinski definition) is 2. The Morgan fingerprint density at radius 1 is 1.57 bits per heavy atom. The molecular formula is C11H18N2O. The third-order valence-corrected chi connectivity index (χ3v) is 2.82. The van der Waals surface area contributed by atoms with Gasteiger partial charge in [-0.05, 0) is 25.2 Å². The quantitative estimate of drug-likeness (QED) is 0.687. The molecule has 1 saturated carbocycles. The van der Waals surface area contributed by atoms with E-state index < -0.39 is 5.41 Å². The number of nitriles is 1. The number of amides is 1. The van der Waals surface area contributed by atoms with E-state index in [0.717, 1.165) is 25.8 Å². The average Bonchev–Trinajstić information content (AvgIpc) is 2.01. The van der Waals surface area contributed by atoms with Gasteiger partial charge in [-0.1, -0.05) is 13.8 Å². The van der Waals surface area contributed by atoms with Crippen LogP contribution in [0.5, 0.6) is 0 Å². The van der Waals surface area contributed by atoms with E-state index in [0.29, 0.717) is 5.92 Å². The second-order valence-electron chi connectivity index (χ2n) is 4.63. The van der Waals surface area contributed by atoms with Crippen molar-refractivity contribution < 1.29 is 4.79 Å². The molecule has 3 heteroatoms. The monoisotopic (exact) mass is 194 g/mol. The van der Waals surface area contributed by atoms with Crippen LogP contribution in [0.25, 0.3) is 0 Å². The molecule has 14 heavy (non-hydrogen) atoms. The third-order valence-electron chi connectivity index (χ3n) is 2.82. The van der Waals surface area contributed by atoms with Gasteiger partial charge in [-0.3, -0.25) is 4.79 Å². The van der Waals surface area contributed by atoms with Crippen LogP contribution in [0.1, 0.15) is 33.1 Å². The normalized spacial score (nSPS) is 18.5. The van der Waals surface area contributed by atoms with Gasteiger partial charge < -0.3 is 4.90 Å². The molecule has 0 aromatic heterocycles. The van der Waals surface area contributed by atoms with Crippen molar-refractivity contribution in [2.45, 2.75) is 33.1 Å². The smallest absolute Gasteiger partial charge is 0.242 e. The molecule has 0 aliphatic heterocycles. The highest BCUT2D eigenvalue weighted by Crippen LogP contribution is 2.41. The van der Waals surface area contributed by atoms with Crippen LogP contribution in [-0.2, 0) is 4.79 Å². The van der Waals surface area contributed by atoms with E-state index in [9.17, 15) is 4.79 Å². The fourth-order valence-corrected chi connectivity index (χ4v) is 1.90. The predicted molar refractivity (Wildman–Crippen MR) is 54.4 cm³/mol. The minimum Gasteiger partial charge on any atom is -0.344 e. The van der Waals surface area contributed by atoms with Gasteiger partial charge in [0.15, 0.2) is 0 Å². The number of carbonyl (C=O) groups is 1. The molecule has 1 rings (SSSR count). The second kappa shape index (κ2) is 4.00. The molecule has 0 unspecified atom stereocenters. The van der Waals surface area contributed by atoms with E-state index in [4.69, 9.17) is 5.26 Å². The van der Waals surface area contributed by atoms with Crippen LogP contribution >= 0.6 is 0 Å². The summed E-state index contributed by atoms with van der Waals surface area (Å²) in [6.45, 7) is 4.88. The van der Waals surface area contributed by atoms with Crippen molar-refractivity contribution in [1.29, 1.82) is 5.26 Å². The van der Waals surface area contributed by atoms with E-state index in [1.165, 1.54) is 0 Å². The Bertz CT molecular complexity index is 261. The molecule has 0 N–H and O–H groups in total. The minimum absolute atomic E-state index is 0.0138. The van der Waals surface area contributed by atoms with Crippen LogP contribution in [0.3, 0.4) is 0 Å². The zero-order valence-electron chi connectivity index (χ0n) is 9.21. The molecule has 1 aliphatic rings. The highest BCUT2D eigenvalue weighted by Gasteiger charge is 2.46. The molecule has 0 saturated heterocycles. The summed E-state index contributed by atoms with van der Waals surface area (Å²) in [7, 11) is 1.79. The summed E-state index contributed by atoms with van der Waals surface area (Å²) >= 11 is 0. The van der Waals surface area contributed by atoms with Gasteiger partial charge in [-0.15, -0.1) is 0 Å². The Morgan fingerprint density at radius 3 is 2.43 bits per heavy atom. The van der Waals surface area contributed by atoms with Gasteiger partial charge in [-0.2, -0.15) is 5.26 Å². The van der Waals surface area contributed by atoms with E-state index in [1.807, 2.05) is 0 Å². The molecule has 0 bridgehead atoms. The van der Waals surface area contributed by atoms with Crippen LogP contribution in [0.15, 0.2) is 0 Å². The van der Waals surface area contributed by atoms with Crippen LogP contribution in [0.2, 0.25) is 0 Å². The van der Waals surface area contributed by atoms with Gasteiger partial charge in [-0.25, -0.2) is 0 Å². The zero-order valence-corrected chi connectivity index (χ0v) is 9.21. The van der Waals surface area contributed by atoms with Gasteiger partial charge in [0.2, 0.25) is 5.91 Å². The molecular weight excluding hydrogens is 176 g/mol. The predicted octanol–water partition coefficient (Wildman–Crippen LogP) is 1.79. The first-order chi connectivity index (χ1) is 6.52. The average molecular weight is 194 g/mol. The topological polar surface area (TPSA) is 44.1 Å². The fraction of sp³-hybridized carbons (Fsp3) is 0.818. The van der Waals surface area contributed by atoms with Gasteiger partial charge in [0.1, 0.15) is 5.41 Å². The lowest BCUT2D eigenvalue weighted by Gasteiger charge is -2.37. The molecule has 0 radical (unpaired) electrons. The van der Waals surface area contributed by atoms with Crippen LogP contribution < -0.4 is 0 Å². The molecule has 1 fully saturated rings. The summed E-state index contributed by atoms with van der Waals surface area (Å²) in [5.41, 5.74) is -0.677. The zero-order chi connectivity index (χ0) is 10.8. The molecule has 78 valence electrons. The van der Waals surface area contributed by atoms with Crippen molar-refractivity contribution in [2.24, 2.45) is 11.3 Å². The van der Waals surface area contributed by atoms with Crippen molar-refractivity contribution in [2.75, 3.05) is 13.6 Å². The van der Waals surface area contributed by atoms with E-state index in [-0.39, 0.29) is 5.91 Å². The Balaban J connectivity index is 2.60. The van der Waals surface area contributed by atoms with Crippen LogP contribution in [0.4, 0.5) is 0 Å². The van der Waals surface area contributed by atoms with Crippen molar-refractivity contribution in [3.05, 3.63) is 0 Å². The summed E-state index contributed by atoms with van der Waals surface area (Å²) in [6.07, 6.45) is 2.49. The number of nitrogens with zero attached hydrogens (tertiary/aromatic N) is 2. The maximum absolute atomic E-state index is 11.9. The minimum atomic E-state index is -0.677. The summed E-state index contributed by atoms with van der Waals surface area (Å²) in [6, 6.07) is 2.18. The van der Waals surface area contributed by atoms with Gasteiger partial charge in [0.25, 0.3) is 0 Å². The number of carbonyl (C=O) groups excluding carboxylic acids is 1. The summed E-state index contributed by atoms with van der Waals surface area (Å²) < 4.78 is 0. The molecule has 3 nitrogen and oxygen atoms in total. The second-order valence-corrected chi connectivity index (χ2v) is 4.63. The molecule has 0 aromatic carbocycles. The lowest BCUT2D eigenvalue weighted by molar-refractivity contribution is -0.142. The largest absolute Gasteiger partial charge is 0.344 e. The van der Waals surface area contributed by atoms with E-state index in [1.54, 1.807) is 11.9 Å². The summed E-state index contributed by atoms with van der Waals surface area (Å²) in [5.74, 6) is 0.472. The summed E-state index contributed by atoms with van der Waals surface area (Å²) in [5, 5.41) is 8.99. The first kappa shape index (κ1) is 11.0. The third kappa shape index (κ3) is 1.89. The lowest BCUT2D eigenvalue weighted by atomic mass is 9.69. The lowest BCUT2D eigenvalue weighted by Crippen LogP contribution is -2.46. The Morgan fingerprint density at radius 2 is 2.14 bits per heavy atom. The number of rotatable bonds is 3. The maximum Gasteiger partial charge on any atom is 0.242 e. The van der Waals surface area contributed by atoms with Gasteiger partial charge in [0.05, 0.1) is 6.07 Å². The molecule has 1 amide bonds. The van der Waals surface area contributed by atoms with Gasteiger partial charge >= 0.3 is 0 Å². The summed E-state index contributed by atoms with van der Waals surface area (Å²) in [4.78, 5) is 13.6. The van der Waals surface area contributed by atoms with E-state index >= 15 is 0 Å². The Hall–Kier alpha value is -1.04. The molecule has 1 aliphatic carbocycles. The first-order valence-electron chi connectivity index (χ1n) is 5.18. The standard InChI is InChI=1S/C11H18N2O/c1-9(2)7-13(3)10(14)11(8-12)5-4-6-11/h9H,4-7H2,1-3H3. The highest BCUT2D eigenvalue weighted by atomic mass is 16.2. The van der Waals surface area contributed by atoms with Crippen molar-refractivity contribution >= 4 is 5.91 Å². The van der Waals surface area contributed by atoms with E-state index in [2.05, 4.69) is 19.9 Å². The first-order valence-corrected chi connectivity index (χ1v) is 5.18. The van der Waals surface area contributed by atoms with Gasteiger partial charge in [0, 0.05) is 13.6 Å². The molecule has 0 atom stereocenters. The molecule has 0 spiro atoms. The van der Waals surface area contributed by atoms with Crippen LogP contribution in [-0.4, -0.2) is 24.4 Å². The van der Waals surface area contributed by atoms with Crippen molar-refractivity contribution in [3.63, 3.8) is 0 Å². The van der Waals surface area contributed by atoms with Crippen LogP contribution in [0, 0.1) is 22.7 Å². The Labute approximate surface area is 85.7 Å².